The van der Waals surface area contributed by atoms with Gasteiger partial charge in [-0.1, -0.05) is 38.8 Å². The number of benzene rings is 1. The van der Waals surface area contributed by atoms with Gasteiger partial charge in [0.1, 0.15) is 17.2 Å². The molecule has 8 nitrogen and oxygen atoms in total. The predicted octanol–water partition coefficient (Wildman–Crippen LogP) is 9.26. The highest BCUT2D eigenvalue weighted by Gasteiger charge is 2.51. The first-order chi connectivity index (χ1) is 22.1. The molecule has 1 amide bonds. The Kier molecular flexibility index (Phi) is 7.97. The van der Waals surface area contributed by atoms with Crippen molar-refractivity contribution < 1.29 is 9.53 Å². The zero-order valence-corrected chi connectivity index (χ0v) is 28.3. The Labute approximate surface area is 273 Å². The van der Waals surface area contributed by atoms with Gasteiger partial charge in [-0.2, -0.15) is 0 Å². The number of nitrogens with zero attached hydrogens (tertiary/aromatic N) is 4. The summed E-state index contributed by atoms with van der Waals surface area (Å²) >= 11 is 0. The molecule has 1 saturated heterocycles. The molecule has 4 fully saturated rings. The number of carbonyl (C=O) groups excluding carboxylic acids is 1. The number of hydrogen-bond donors (Lipinski definition) is 2. The van der Waals surface area contributed by atoms with Crippen LogP contribution >= 0.6 is 0 Å². The molecule has 3 aliphatic carbocycles. The van der Waals surface area contributed by atoms with E-state index >= 15 is 0 Å². The van der Waals surface area contributed by atoms with Crippen molar-refractivity contribution in [1.82, 2.24) is 29.8 Å². The van der Waals surface area contributed by atoms with Crippen LogP contribution in [0.5, 0.6) is 0 Å². The van der Waals surface area contributed by atoms with Gasteiger partial charge >= 0.3 is 6.09 Å². The zero-order chi connectivity index (χ0) is 32.1. The van der Waals surface area contributed by atoms with E-state index in [1.54, 1.807) is 4.90 Å². The number of aromatic amines is 2. The van der Waals surface area contributed by atoms with E-state index in [0.717, 1.165) is 40.8 Å². The minimum absolute atomic E-state index is 0.0954. The maximum atomic E-state index is 12.8. The van der Waals surface area contributed by atoms with Crippen LogP contribution in [0.2, 0.25) is 0 Å². The summed E-state index contributed by atoms with van der Waals surface area (Å²) < 4.78 is 5.66. The fourth-order valence-corrected chi connectivity index (χ4v) is 8.30. The van der Waals surface area contributed by atoms with Gasteiger partial charge in [0, 0.05) is 58.0 Å². The molecule has 8 heteroatoms. The Hall–Kier alpha value is -3.68. The second-order valence-corrected chi connectivity index (χ2v) is 15.4. The van der Waals surface area contributed by atoms with Crippen LogP contribution in [0.4, 0.5) is 4.79 Å². The second-order valence-electron chi connectivity index (χ2n) is 15.4. The highest BCUT2D eigenvalue weighted by atomic mass is 16.6. The van der Waals surface area contributed by atoms with Gasteiger partial charge in [-0.25, -0.2) is 14.8 Å². The Bertz CT molecular complexity index is 1690. The number of likely N-dealkylation sites (tertiary alicyclic amines) is 1. The lowest BCUT2D eigenvalue weighted by atomic mass is 9.52. The van der Waals surface area contributed by atoms with E-state index in [0.29, 0.717) is 12.5 Å². The Morgan fingerprint density at radius 2 is 1.83 bits per heavy atom. The molecule has 2 atom stereocenters. The second kappa shape index (κ2) is 11.8. The van der Waals surface area contributed by atoms with Crippen molar-refractivity contribution in [3.8, 4) is 11.3 Å². The maximum absolute atomic E-state index is 12.8. The van der Waals surface area contributed by atoms with Gasteiger partial charge in [-0.3, -0.25) is 9.88 Å². The topological polar surface area (TPSA) is 99.8 Å². The number of pyridine rings is 1. The fourth-order valence-electron chi connectivity index (χ4n) is 8.30. The Morgan fingerprint density at radius 1 is 1.07 bits per heavy atom. The fraction of sp³-hybridized carbons (Fsp3) is 0.579. The Morgan fingerprint density at radius 3 is 2.57 bits per heavy atom. The molecule has 0 spiro atoms. The number of H-pyrrole nitrogens is 2. The summed E-state index contributed by atoms with van der Waals surface area (Å²) in [4.78, 5) is 36.8. The van der Waals surface area contributed by atoms with E-state index in [1.807, 2.05) is 27.0 Å². The number of nitrogens with one attached hydrogen (secondary N) is 2. The SMILES string of the molecule is CCCC[C@H](C)c1ncc(C23CCC(c4ccc5cc(-c6c[nH]c([C@@H]7CCCN7C(=O)OC(C)(C)C)n6)ccc5n4)(CC2)CC3)[nH]1. The van der Waals surface area contributed by atoms with Crippen molar-refractivity contribution in [2.75, 3.05) is 6.54 Å². The van der Waals surface area contributed by atoms with Crippen molar-refractivity contribution in [2.45, 2.75) is 134 Å². The number of unbranched alkanes of at least 4 members (excludes halogenated alkanes) is 1. The highest BCUT2D eigenvalue weighted by molar-refractivity contribution is 5.84. The summed E-state index contributed by atoms with van der Waals surface area (Å²) in [5.41, 5.74) is 5.49. The van der Waals surface area contributed by atoms with Crippen LogP contribution in [-0.4, -0.2) is 48.1 Å². The molecular weight excluding hydrogens is 572 g/mol. The predicted molar refractivity (Wildman–Crippen MR) is 182 cm³/mol. The lowest BCUT2D eigenvalue weighted by Crippen LogP contribution is -2.47. The number of rotatable bonds is 8. The van der Waals surface area contributed by atoms with Crippen LogP contribution in [0.1, 0.15) is 140 Å². The van der Waals surface area contributed by atoms with E-state index in [-0.39, 0.29) is 23.0 Å². The molecule has 2 bridgehead atoms. The third-order valence-electron chi connectivity index (χ3n) is 11.2. The largest absolute Gasteiger partial charge is 0.444 e. The average molecular weight is 623 g/mol. The smallest absolute Gasteiger partial charge is 0.410 e. The molecule has 46 heavy (non-hydrogen) atoms. The van der Waals surface area contributed by atoms with Crippen LogP contribution in [0.15, 0.2) is 42.7 Å². The molecule has 4 heterocycles. The van der Waals surface area contributed by atoms with Crippen LogP contribution in [-0.2, 0) is 15.6 Å². The number of hydrogen-bond acceptors (Lipinski definition) is 5. The summed E-state index contributed by atoms with van der Waals surface area (Å²) in [7, 11) is 0. The molecule has 244 valence electrons. The van der Waals surface area contributed by atoms with Gasteiger partial charge in [-0.15, -0.1) is 0 Å². The first-order valence-corrected chi connectivity index (χ1v) is 17.6. The molecule has 3 saturated carbocycles. The van der Waals surface area contributed by atoms with Crippen molar-refractivity contribution >= 4 is 17.0 Å². The van der Waals surface area contributed by atoms with Gasteiger partial charge in [0.15, 0.2) is 0 Å². The normalized spacial score (nSPS) is 25.3. The lowest BCUT2D eigenvalue weighted by Gasteiger charge is -2.53. The number of amides is 1. The van der Waals surface area contributed by atoms with Gasteiger partial charge < -0.3 is 14.7 Å². The molecule has 1 aliphatic heterocycles. The number of carbonyl (C=O) groups is 1. The molecule has 2 N–H and O–H groups in total. The van der Waals surface area contributed by atoms with E-state index in [2.05, 4.69) is 60.3 Å². The molecule has 3 aromatic heterocycles. The number of aromatic nitrogens is 5. The minimum Gasteiger partial charge on any atom is -0.444 e. The first kappa shape index (κ1) is 30.9. The third-order valence-corrected chi connectivity index (χ3v) is 11.2. The van der Waals surface area contributed by atoms with Crippen LogP contribution in [0, 0.1) is 0 Å². The lowest BCUT2D eigenvalue weighted by molar-refractivity contribution is 0.0218. The molecule has 0 radical (unpaired) electrons. The molecular formula is C38H50N6O2. The Balaban J connectivity index is 1.05. The van der Waals surface area contributed by atoms with Crippen molar-refractivity contribution in [3.63, 3.8) is 0 Å². The maximum Gasteiger partial charge on any atom is 0.410 e. The van der Waals surface area contributed by atoms with Crippen LogP contribution in [0.25, 0.3) is 22.2 Å². The zero-order valence-electron chi connectivity index (χ0n) is 28.3. The van der Waals surface area contributed by atoms with E-state index in [4.69, 9.17) is 19.7 Å². The molecule has 8 rings (SSSR count). The summed E-state index contributed by atoms with van der Waals surface area (Å²) in [6.45, 7) is 11.0. The monoisotopic (exact) mass is 622 g/mol. The van der Waals surface area contributed by atoms with Gasteiger partial charge in [0.2, 0.25) is 0 Å². The van der Waals surface area contributed by atoms with Gasteiger partial charge in [0.05, 0.1) is 17.3 Å². The van der Waals surface area contributed by atoms with Gasteiger partial charge in [0.25, 0.3) is 0 Å². The van der Waals surface area contributed by atoms with Crippen LogP contribution in [0.3, 0.4) is 0 Å². The summed E-state index contributed by atoms with van der Waals surface area (Å²) in [6.07, 6.45) is 16.5. The number of ether oxygens (including phenoxy) is 1. The van der Waals surface area contributed by atoms with Crippen molar-refractivity contribution in [3.05, 3.63) is 65.8 Å². The van der Waals surface area contributed by atoms with E-state index in [1.165, 1.54) is 75.0 Å². The minimum atomic E-state index is -0.521. The number of imidazole rings is 2. The molecule has 0 unspecified atom stereocenters. The molecule has 4 aliphatic rings. The quantitative estimate of drug-likeness (QED) is 0.204. The van der Waals surface area contributed by atoms with E-state index in [9.17, 15) is 4.79 Å². The van der Waals surface area contributed by atoms with Gasteiger partial charge in [-0.05, 0) is 96.8 Å². The van der Waals surface area contributed by atoms with E-state index < -0.39 is 5.60 Å². The van der Waals surface area contributed by atoms with Crippen molar-refractivity contribution in [2.24, 2.45) is 0 Å². The summed E-state index contributed by atoms with van der Waals surface area (Å²) in [5.74, 6) is 2.48. The third kappa shape index (κ3) is 5.73. The molecule has 1 aromatic carbocycles. The highest BCUT2D eigenvalue weighted by Crippen LogP contribution is 2.58. The standard InChI is InChI=1S/C38H50N6O2/c1-6-7-9-25(2)33-40-24-32(43-33)38-18-15-37(16-19-38,17-20-38)31-14-12-26-22-27(11-13-28(26)41-31)29-23-39-34(42-29)30-10-8-21-44(30)35(45)46-36(3,4)5/h11-14,22-25,30H,6-10,15-21H2,1-5H3,(H,39,42)(H,40,43)/t25-,30-,37?,38?/m0/s1. The average Bonchev–Trinajstić information content (AvgIpc) is 3.84. The van der Waals surface area contributed by atoms with Crippen molar-refractivity contribution in [1.29, 1.82) is 0 Å². The molecule has 4 aromatic rings. The summed E-state index contributed by atoms with van der Waals surface area (Å²) in [6, 6.07) is 10.9. The number of fused-ring (bicyclic) bond motifs is 4. The van der Waals surface area contributed by atoms with Crippen LogP contribution < -0.4 is 0 Å². The first-order valence-electron chi connectivity index (χ1n) is 17.6. The summed E-state index contributed by atoms with van der Waals surface area (Å²) in [5, 5.41) is 1.13.